The summed E-state index contributed by atoms with van der Waals surface area (Å²) in [5, 5.41) is 12.3. The standard InChI is InChI=1S/C22H31N3O3/c1-17(26)25-12-3-2-10-22(27,16-25)15-24-13-8-18(9-14-24)28-21-6-4-5-20-19(21)7-11-23-20/h4-7,11,18,23,27H,2-3,8-10,12-16H2,1H3. The molecule has 2 fully saturated rings. The molecular formula is C22H31N3O3. The van der Waals surface area contributed by atoms with Crippen LogP contribution in [0.25, 0.3) is 10.9 Å². The maximum Gasteiger partial charge on any atom is 0.219 e. The van der Waals surface area contributed by atoms with Crippen LogP contribution in [0.2, 0.25) is 0 Å². The number of H-pyrrole nitrogens is 1. The number of fused-ring (bicyclic) bond motifs is 1. The van der Waals surface area contributed by atoms with Gasteiger partial charge in [-0.3, -0.25) is 4.79 Å². The monoisotopic (exact) mass is 385 g/mol. The molecule has 1 aromatic carbocycles. The predicted molar refractivity (Wildman–Crippen MR) is 109 cm³/mol. The van der Waals surface area contributed by atoms with E-state index in [1.54, 1.807) is 11.8 Å². The second-order valence-electron chi connectivity index (χ2n) is 8.41. The molecule has 3 heterocycles. The minimum atomic E-state index is -0.799. The maximum absolute atomic E-state index is 11.8. The van der Waals surface area contributed by atoms with Gasteiger partial charge in [-0.05, 0) is 50.3 Å². The van der Waals surface area contributed by atoms with Crippen molar-refractivity contribution in [2.24, 2.45) is 0 Å². The molecular weight excluding hydrogens is 354 g/mol. The third kappa shape index (κ3) is 4.33. The number of carbonyl (C=O) groups is 1. The quantitative estimate of drug-likeness (QED) is 0.849. The van der Waals surface area contributed by atoms with Crippen LogP contribution < -0.4 is 4.74 Å². The molecule has 0 aliphatic carbocycles. The van der Waals surface area contributed by atoms with E-state index in [1.807, 2.05) is 18.3 Å². The first-order valence-electron chi connectivity index (χ1n) is 10.5. The summed E-state index contributed by atoms with van der Waals surface area (Å²) < 4.78 is 6.30. The Morgan fingerprint density at radius 3 is 2.86 bits per heavy atom. The number of rotatable bonds is 4. The van der Waals surface area contributed by atoms with Gasteiger partial charge in [0.1, 0.15) is 11.9 Å². The van der Waals surface area contributed by atoms with Crippen LogP contribution in [-0.2, 0) is 4.79 Å². The third-order valence-electron chi connectivity index (χ3n) is 6.15. The van der Waals surface area contributed by atoms with Gasteiger partial charge >= 0.3 is 0 Å². The molecule has 6 nitrogen and oxygen atoms in total. The molecule has 152 valence electrons. The molecule has 2 N–H and O–H groups in total. The number of amides is 1. The van der Waals surface area contributed by atoms with Crippen LogP contribution in [0.4, 0.5) is 0 Å². The van der Waals surface area contributed by atoms with Gasteiger partial charge in [0, 0.05) is 50.2 Å². The van der Waals surface area contributed by atoms with Crippen molar-refractivity contribution in [1.29, 1.82) is 0 Å². The van der Waals surface area contributed by atoms with Crippen LogP contribution in [0.1, 0.15) is 39.0 Å². The zero-order valence-electron chi connectivity index (χ0n) is 16.7. The Hall–Kier alpha value is -2.05. The van der Waals surface area contributed by atoms with Crippen molar-refractivity contribution in [2.75, 3.05) is 32.7 Å². The van der Waals surface area contributed by atoms with Crippen LogP contribution >= 0.6 is 0 Å². The Bertz CT molecular complexity index is 812. The molecule has 0 spiro atoms. The van der Waals surface area contributed by atoms with E-state index >= 15 is 0 Å². The first-order chi connectivity index (χ1) is 13.5. The normalized spacial score (nSPS) is 25.0. The number of nitrogens with zero attached hydrogens (tertiary/aromatic N) is 2. The number of nitrogens with one attached hydrogen (secondary N) is 1. The number of aliphatic hydroxyl groups is 1. The molecule has 1 aromatic heterocycles. The molecule has 1 atom stereocenters. The van der Waals surface area contributed by atoms with Crippen LogP contribution in [0.15, 0.2) is 30.5 Å². The van der Waals surface area contributed by atoms with Crippen molar-refractivity contribution in [3.8, 4) is 5.75 Å². The zero-order chi connectivity index (χ0) is 19.6. The smallest absolute Gasteiger partial charge is 0.219 e. The second-order valence-corrected chi connectivity index (χ2v) is 8.41. The van der Waals surface area contributed by atoms with E-state index in [0.717, 1.165) is 68.4 Å². The largest absolute Gasteiger partial charge is 0.490 e. The van der Waals surface area contributed by atoms with Crippen molar-refractivity contribution in [3.63, 3.8) is 0 Å². The van der Waals surface area contributed by atoms with E-state index in [4.69, 9.17) is 4.74 Å². The minimum absolute atomic E-state index is 0.0614. The van der Waals surface area contributed by atoms with Gasteiger partial charge in [-0.15, -0.1) is 0 Å². The van der Waals surface area contributed by atoms with Gasteiger partial charge in [0.15, 0.2) is 0 Å². The Morgan fingerprint density at radius 1 is 1.25 bits per heavy atom. The number of ether oxygens (including phenoxy) is 1. The number of carbonyl (C=O) groups excluding carboxylic acids is 1. The van der Waals surface area contributed by atoms with Gasteiger partial charge in [0.05, 0.1) is 12.1 Å². The highest BCUT2D eigenvalue weighted by atomic mass is 16.5. The third-order valence-corrected chi connectivity index (χ3v) is 6.15. The summed E-state index contributed by atoms with van der Waals surface area (Å²) in [6.07, 6.45) is 6.76. The Morgan fingerprint density at radius 2 is 2.07 bits per heavy atom. The topological polar surface area (TPSA) is 68.8 Å². The Balaban J connectivity index is 1.32. The van der Waals surface area contributed by atoms with E-state index in [1.165, 1.54) is 0 Å². The van der Waals surface area contributed by atoms with E-state index < -0.39 is 5.60 Å². The number of hydrogen-bond acceptors (Lipinski definition) is 4. The van der Waals surface area contributed by atoms with Gasteiger partial charge in [0.25, 0.3) is 0 Å². The number of benzene rings is 1. The molecule has 2 aromatic rings. The van der Waals surface area contributed by atoms with E-state index in [0.29, 0.717) is 13.1 Å². The summed E-state index contributed by atoms with van der Waals surface area (Å²) >= 11 is 0. The van der Waals surface area contributed by atoms with Crippen molar-refractivity contribution < 1.29 is 14.6 Å². The fraction of sp³-hybridized carbons (Fsp3) is 0.591. The van der Waals surface area contributed by atoms with E-state index in [9.17, 15) is 9.90 Å². The number of aromatic nitrogens is 1. The molecule has 28 heavy (non-hydrogen) atoms. The van der Waals surface area contributed by atoms with Crippen molar-refractivity contribution >= 4 is 16.8 Å². The molecule has 4 rings (SSSR count). The molecule has 0 bridgehead atoms. The lowest BCUT2D eigenvalue weighted by Gasteiger charge is -2.39. The molecule has 6 heteroatoms. The number of β-amino-alcohol motifs (C(OH)–C–C–N with tert-alkyl or cyclic N) is 1. The fourth-order valence-corrected chi connectivity index (χ4v) is 4.61. The number of piperidine rings is 1. The number of likely N-dealkylation sites (tertiary alicyclic amines) is 2. The lowest BCUT2D eigenvalue weighted by molar-refractivity contribution is -0.132. The second kappa shape index (κ2) is 8.13. The van der Waals surface area contributed by atoms with Crippen molar-refractivity contribution in [3.05, 3.63) is 30.5 Å². The molecule has 0 saturated carbocycles. The molecule has 2 aliphatic rings. The fourth-order valence-electron chi connectivity index (χ4n) is 4.61. The summed E-state index contributed by atoms with van der Waals surface area (Å²) in [6, 6.07) is 8.17. The molecule has 0 radical (unpaired) electrons. The first-order valence-corrected chi connectivity index (χ1v) is 10.5. The highest BCUT2D eigenvalue weighted by molar-refractivity contribution is 5.85. The van der Waals surface area contributed by atoms with E-state index in [-0.39, 0.29) is 12.0 Å². The molecule has 1 unspecified atom stereocenters. The van der Waals surface area contributed by atoms with Gasteiger partial charge in [0.2, 0.25) is 5.91 Å². The van der Waals surface area contributed by atoms with Crippen molar-refractivity contribution in [1.82, 2.24) is 14.8 Å². The predicted octanol–water partition coefficient (Wildman–Crippen LogP) is 2.77. The minimum Gasteiger partial charge on any atom is -0.490 e. The summed E-state index contributed by atoms with van der Waals surface area (Å²) in [5.41, 5.74) is 0.299. The van der Waals surface area contributed by atoms with Crippen LogP contribution in [0, 0.1) is 0 Å². The van der Waals surface area contributed by atoms with Gasteiger partial charge in [-0.25, -0.2) is 0 Å². The van der Waals surface area contributed by atoms with Crippen LogP contribution in [0.3, 0.4) is 0 Å². The SMILES string of the molecule is CC(=O)N1CCCCC(O)(CN2CCC(Oc3cccc4[nH]ccc34)CC2)C1. The first kappa shape index (κ1) is 19.3. The Labute approximate surface area is 166 Å². The van der Waals surface area contributed by atoms with Gasteiger partial charge < -0.3 is 24.6 Å². The summed E-state index contributed by atoms with van der Waals surface area (Å²) in [7, 11) is 0. The lowest BCUT2D eigenvalue weighted by Crippen LogP contribution is -2.52. The Kier molecular flexibility index (Phi) is 5.60. The average Bonchev–Trinajstić information content (AvgIpc) is 3.07. The summed E-state index contributed by atoms with van der Waals surface area (Å²) in [4.78, 5) is 19.2. The average molecular weight is 386 g/mol. The molecule has 2 saturated heterocycles. The summed E-state index contributed by atoms with van der Waals surface area (Å²) in [5.74, 6) is 1.00. The van der Waals surface area contributed by atoms with Crippen LogP contribution in [0.5, 0.6) is 5.75 Å². The number of hydrogen-bond donors (Lipinski definition) is 2. The highest BCUT2D eigenvalue weighted by Crippen LogP contribution is 2.29. The van der Waals surface area contributed by atoms with Crippen molar-refractivity contribution in [2.45, 2.75) is 50.7 Å². The van der Waals surface area contributed by atoms with Crippen LogP contribution in [-0.4, -0.2) is 70.2 Å². The van der Waals surface area contributed by atoms with E-state index in [2.05, 4.69) is 22.0 Å². The number of aromatic amines is 1. The van der Waals surface area contributed by atoms with Gasteiger partial charge in [-0.1, -0.05) is 6.07 Å². The molecule has 2 aliphatic heterocycles. The highest BCUT2D eigenvalue weighted by Gasteiger charge is 2.35. The lowest BCUT2D eigenvalue weighted by atomic mass is 9.95. The molecule has 1 amide bonds. The summed E-state index contributed by atoms with van der Waals surface area (Å²) in [6.45, 7) is 5.27. The maximum atomic E-state index is 11.8. The van der Waals surface area contributed by atoms with Gasteiger partial charge in [-0.2, -0.15) is 0 Å². The zero-order valence-corrected chi connectivity index (χ0v) is 16.7.